The molecule has 0 bridgehead atoms. The molecule has 1 aromatic rings. The van der Waals surface area contributed by atoms with Gasteiger partial charge in [0.25, 0.3) is 0 Å². The number of rotatable bonds is 9. The van der Waals surface area contributed by atoms with Gasteiger partial charge in [0, 0.05) is 13.1 Å². The zero-order valence-electron chi connectivity index (χ0n) is 11.2. The first kappa shape index (κ1) is 14.6. The summed E-state index contributed by atoms with van der Waals surface area (Å²) >= 11 is 1.79. The van der Waals surface area contributed by atoms with Gasteiger partial charge in [0.15, 0.2) is 0 Å². The van der Waals surface area contributed by atoms with Crippen molar-refractivity contribution in [2.45, 2.75) is 26.1 Å². The van der Waals surface area contributed by atoms with E-state index in [1.165, 1.54) is 0 Å². The highest BCUT2D eigenvalue weighted by Crippen LogP contribution is 2.12. The number of furan rings is 1. The molecule has 0 spiro atoms. The molecule has 4 heteroatoms. The number of nitrogens with one attached hydrogen (secondary N) is 1. The first-order valence-electron chi connectivity index (χ1n) is 6.29. The van der Waals surface area contributed by atoms with Gasteiger partial charge in [0.2, 0.25) is 0 Å². The standard InChI is InChI=1S/C13H24N2OS/c1-4-15(5-2)9-8-14-10-12-6-7-13(16-12)11-17-3/h6-7,14H,4-5,8-11H2,1-3H3. The van der Waals surface area contributed by atoms with Gasteiger partial charge >= 0.3 is 0 Å². The van der Waals surface area contributed by atoms with Crippen LogP contribution in [0.4, 0.5) is 0 Å². The van der Waals surface area contributed by atoms with E-state index in [-0.39, 0.29) is 0 Å². The Labute approximate surface area is 109 Å². The zero-order chi connectivity index (χ0) is 12.5. The highest BCUT2D eigenvalue weighted by Gasteiger charge is 2.02. The minimum Gasteiger partial charge on any atom is -0.464 e. The molecular formula is C13H24N2OS. The molecule has 0 aliphatic carbocycles. The maximum Gasteiger partial charge on any atom is 0.118 e. The maximum absolute atomic E-state index is 5.69. The number of likely N-dealkylation sites (N-methyl/N-ethyl adjacent to an activating group) is 1. The fraction of sp³-hybridized carbons (Fsp3) is 0.692. The molecule has 1 aromatic heterocycles. The summed E-state index contributed by atoms with van der Waals surface area (Å²) in [5, 5.41) is 3.41. The van der Waals surface area contributed by atoms with Crippen molar-refractivity contribution in [2.24, 2.45) is 0 Å². The Balaban J connectivity index is 2.17. The van der Waals surface area contributed by atoms with Gasteiger partial charge < -0.3 is 14.6 Å². The molecule has 3 nitrogen and oxygen atoms in total. The minimum atomic E-state index is 0.829. The fourth-order valence-corrected chi connectivity index (χ4v) is 2.17. The zero-order valence-corrected chi connectivity index (χ0v) is 12.0. The van der Waals surface area contributed by atoms with Gasteiger partial charge in [-0.3, -0.25) is 0 Å². The third kappa shape index (κ3) is 5.61. The average molecular weight is 256 g/mol. The third-order valence-electron chi connectivity index (χ3n) is 2.80. The third-order valence-corrected chi connectivity index (χ3v) is 3.38. The molecule has 0 saturated heterocycles. The molecule has 0 atom stereocenters. The van der Waals surface area contributed by atoms with Crippen molar-refractivity contribution >= 4 is 11.8 Å². The second-order valence-corrected chi connectivity index (χ2v) is 4.87. The maximum atomic E-state index is 5.69. The van der Waals surface area contributed by atoms with Crippen LogP contribution in [0.1, 0.15) is 25.4 Å². The monoisotopic (exact) mass is 256 g/mol. The van der Waals surface area contributed by atoms with Crippen LogP contribution in [0.25, 0.3) is 0 Å². The van der Waals surface area contributed by atoms with E-state index in [2.05, 4.69) is 42.5 Å². The van der Waals surface area contributed by atoms with Gasteiger partial charge in [-0.25, -0.2) is 0 Å². The van der Waals surface area contributed by atoms with Crippen LogP contribution in [0.5, 0.6) is 0 Å². The normalized spacial score (nSPS) is 11.3. The number of hydrogen-bond donors (Lipinski definition) is 1. The number of thioether (sulfide) groups is 1. The molecule has 1 rings (SSSR count). The molecule has 0 aliphatic heterocycles. The van der Waals surface area contributed by atoms with Gasteiger partial charge in [-0.1, -0.05) is 13.8 Å². The highest BCUT2D eigenvalue weighted by atomic mass is 32.2. The molecule has 0 saturated carbocycles. The molecule has 0 aliphatic rings. The Morgan fingerprint density at radius 1 is 1.24 bits per heavy atom. The molecule has 0 amide bonds. The summed E-state index contributed by atoms with van der Waals surface area (Å²) in [6, 6.07) is 4.13. The molecule has 0 unspecified atom stereocenters. The molecular weight excluding hydrogens is 232 g/mol. The van der Waals surface area contributed by atoms with Crippen LogP contribution in [0.3, 0.4) is 0 Å². The van der Waals surface area contributed by atoms with Crippen LogP contribution in [0.15, 0.2) is 16.5 Å². The van der Waals surface area contributed by atoms with Crippen molar-refractivity contribution < 1.29 is 4.42 Å². The van der Waals surface area contributed by atoms with Crippen LogP contribution in [-0.2, 0) is 12.3 Å². The van der Waals surface area contributed by atoms with E-state index in [9.17, 15) is 0 Å². The molecule has 98 valence electrons. The Hall–Kier alpha value is -0.450. The molecule has 17 heavy (non-hydrogen) atoms. The van der Waals surface area contributed by atoms with Crippen molar-refractivity contribution in [2.75, 3.05) is 32.4 Å². The summed E-state index contributed by atoms with van der Waals surface area (Å²) < 4.78 is 5.69. The topological polar surface area (TPSA) is 28.4 Å². The largest absolute Gasteiger partial charge is 0.464 e. The summed E-state index contributed by atoms with van der Waals surface area (Å²) in [6.07, 6.45) is 2.09. The summed E-state index contributed by atoms with van der Waals surface area (Å²) in [6.45, 7) is 9.59. The molecule has 1 N–H and O–H groups in total. The Bertz CT molecular complexity index is 297. The molecule has 1 heterocycles. The van der Waals surface area contributed by atoms with E-state index in [1.54, 1.807) is 11.8 Å². The van der Waals surface area contributed by atoms with Gasteiger partial charge in [-0.05, 0) is 31.5 Å². The van der Waals surface area contributed by atoms with Crippen LogP contribution < -0.4 is 5.32 Å². The van der Waals surface area contributed by atoms with E-state index in [4.69, 9.17) is 4.42 Å². The summed E-state index contributed by atoms with van der Waals surface area (Å²) in [4.78, 5) is 2.41. The first-order chi connectivity index (χ1) is 8.30. The lowest BCUT2D eigenvalue weighted by Crippen LogP contribution is -2.31. The Morgan fingerprint density at radius 2 is 1.94 bits per heavy atom. The predicted molar refractivity (Wildman–Crippen MR) is 75.4 cm³/mol. The van der Waals surface area contributed by atoms with Crippen molar-refractivity contribution in [3.63, 3.8) is 0 Å². The lowest BCUT2D eigenvalue weighted by molar-refractivity contribution is 0.300. The average Bonchev–Trinajstić information content (AvgIpc) is 2.78. The molecule has 0 fully saturated rings. The summed E-state index contributed by atoms with van der Waals surface area (Å²) in [7, 11) is 0. The van der Waals surface area contributed by atoms with Crippen molar-refractivity contribution in [3.8, 4) is 0 Å². The van der Waals surface area contributed by atoms with E-state index in [1.807, 2.05) is 0 Å². The lowest BCUT2D eigenvalue weighted by Gasteiger charge is -2.17. The second-order valence-electron chi connectivity index (χ2n) is 4.00. The van der Waals surface area contributed by atoms with Crippen molar-refractivity contribution in [3.05, 3.63) is 23.7 Å². The summed E-state index contributed by atoms with van der Waals surface area (Å²) in [5.74, 6) is 3.06. The second kappa shape index (κ2) is 8.61. The smallest absolute Gasteiger partial charge is 0.118 e. The van der Waals surface area contributed by atoms with Crippen LogP contribution in [0, 0.1) is 0 Å². The molecule has 0 aromatic carbocycles. The van der Waals surface area contributed by atoms with E-state index in [0.717, 1.165) is 50.0 Å². The van der Waals surface area contributed by atoms with Gasteiger partial charge in [-0.15, -0.1) is 0 Å². The Kier molecular flexibility index (Phi) is 7.40. The Morgan fingerprint density at radius 3 is 2.59 bits per heavy atom. The molecule has 0 radical (unpaired) electrons. The van der Waals surface area contributed by atoms with Crippen LogP contribution in [-0.4, -0.2) is 37.3 Å². The van der Waals surface area contributed by atoms with Gasteiger partial charge in [0.05, 0.1) is 12.3 Å². The first-order valence-corrected chi connectivity index (χ1v) is 7.69. The fourth-order valence-electron chi connectivity index (χ4n) is 1.73. The minimum absolute atomic E-state index is 0.829. The van der Waals surface area contributed by atoms with Gasteiger partial charge in [-0.2, -0.15) is 11.8 Å². The highest BCUT2D eigenvalue weighted by molar-refractivity contribution is 7.97. The van der Waals surface area contributed by atoms with Crippen LogP contribution >= 0.6 is 11.8 Å². The van der Waals surface area contributed by atoms with E-state index < -0.39 is 0 Å². The number of nitrogens with zero attached hydrogens (tertiary/aromatic N) is 1. The van der Waals surface area contributed by atoms with Crippen LogP contribution in [0.2, 0.25) is 0 Å². The summed E-state index contributed by atoms with van der Waals surface area (Å²) in [5.41, 5.74) is 0. The predicted octanol–water partition coefficient (Wildman–Crippen LogP) is 2.57. The van der Waals surface area contributed by atoms with Crippen molar-refractivity contribution in [1.29, 1.82) is 0 Å². The van der Waals surface area contributed by atoms with E-state index >= 15 is 0 Å². The quantitative estimate of drug-likeness (QED) is 0.687. The SMILES string of the molecule is CCN(CC)CCNCc1ccc(CSC)o1. The van der Waals surface area contributed by atoms with Crippen molar-refractivity contribution in [1.82, 2.24) is 10.2 Å². The number of hydrogen-bond acceptors (Lipinski definition) is 4. The van der Waals surface area contributed by atoms with E-state index in [0.29, 0.717) is 0 Å². The lowest BCUT2D eigenvalue weighted by atomic mass is 10.4. The van der Waals surface area contributed by atoms with Gasteiger partial charge in [0.1, 0.15) is 11.5 Å².